The molecule has 104 valence electrons. The first kappa shape index (κ1) is 15.3. The highest BCUT2D eigenvalue weighted by Crippen LogP contribution is 2.57. The van der Waals surface area contributed by atoms with E-state index in [2.05, 4.69) is 18.2 Å². The van der Waals surface area contributed by atoms with Gasteiger partial charge in [0.1, 0.15) is 0 Å². The van der Waals surface area contributed by atoms with Gasteiger partial charge in [-0.1, -0.05) is 33.1 Å². The van der Waals surface area contributed by atoms with E-state index in [0.717, 1.165) is 24.8 Å². The summed E-state index contributed by atoms with van der Waals surface area (Å²) >= 11 is 0. The fraction of sp³-hybridized carbons (Fsp3) is 1.00. The Kier molecular flexibility index (Phi) is 6.85. The van der Waals surface area contributed by atoms with E-state index in [1.54, 1.807) is 14.2 Å². The average Bonchev–Trinajstić information content (AvgIpc) is 2.77. The summed E-state index contributed by atoms with van der Waals surface area (Å²) in [6, 6.07) is 0. The zero-order valence-corrected chi connectivity index (χ0v) is 12.7. The van der Waals surface area contributed by atoms with Crippen LogP contribution in [-0.4, -0.2) is 37.4 Å². The minimum atomic E-state index is -1.37. The first-order valence-electron chi connectivity index (χ1n) is 6.89. The average molecular weight is 263 g/mol. The van der Waals surface area contributed by atoms with Gasteiger partial charge in [0.15, 0.2) is 0 Å². The van der Waals surface area contributed by atoms with Gasteiger partial charge in [-0.25, -0.2) is 4.31 Å². The highest BCUT2D eigenvalue weighted by Gasteiger charge is 2.34. The van der Waals surface area contributed by atoms with Gasteiger partial charge in [0, 0.05) is 13.1 Å². The first-order chi connectivity index (χ1) is 8.22. The van der Waals surface area contributed by atoms with Crippen LogP contribution in [0.3, 0.4) is 0 Å². The number of unbranched alkanes of at least 4 members (excludes halogenated alkanes) is 1. The van der Waals surface area contributed by atoms with Gasteiger partial charge in [-0.15, -0.1) is 10.8 Å². The third kappa shape index (κ3) is 3.85. The molecule has 0 saturated carbocycles. The van der Waals surface area contributed by atoms with Crippen molar-refractivity contribution in [2.45, 2.75) is 46.0 Å². The highest BCUT2D eigenvalue weighted by atomic mass is 32.3. The Hall–Kier alpha value is 0.230. The van der Waals surface area contributed by atoms with E-state index < -0.39 is 10.8 Å². The van der Waals surface area contributed by atoms with Gasteiger partial charge in [-0.2, -0.15) is 0 Å². The predicted molar refractivity (Wildman–Crippen MR) is 76.0 cm³/mol. The molecule has 4 heteroatoms. The minimum Gasteiger partial charge on any atom is -0.274 e. The molecule has 0 amide bonds. The lowest BCUT2D eigenvalue weighted by Crippen LogP contribution is -2.30. The first-order valence-corrected chi connectivity index (χ1v) is 8.50. The maximum absolute atomic E-state index is 5.70. The Morgan fingerprint density at radius 3 is 2.47 bits per heavy atom. The smallest absolute Gasteiger partial charge is 0.0620 e. The van der Waals surface area contributed by atoms with Crippen molar-refractivity contribution in [3.8, 4) is 0 Å². The van der Waals surface area contributed by atoms with Crippen LogP contribution < -0.4 is 0 Å². The van der Waals surface area contributed by atoms with E-state index in [9.17, 15) is 0 Å². The van der Waals surface area contributed by atoms with Gasteiger partial charge in [0.2, 0.25) is 0 Å². The fourth-order valence-electron chi connectivity index (χ4n) is 2.55. The third-order valence-corrected chi connectivity index (χ3v) is 6.69. The summed E-state index contributed by atoms with van der Waals surface area (Å²) < 4.78 is 13.9. The molecule has 1 unspecified atom stereocenters. The van der Waals surface area contributed by atoms with Crippen LogP contribution in [0.15, 0.2) is 0 Å². The van der Waals surface area contributed by atoms with Crippen molar-refractivity contribution in [3.63, 3.8) is 0 Å². The van der Waals surface area contributed by atoms with Crippen LogP contribution in [0.4, 0.5) is 0 Å². The molecule has 0 spiro atoms. The molecule has 1 saturated heterocycles. The van der Waals surface area contributed by atoms with Gasteiger partial charge >= 0.3 is 0 Å². The Balaban J connectivity index is 2.52. The van der Waals surface area contributed by atoms with Crippen LogP contribution in [0.2, 0.25) is 0 Å². The topological polar surface area (TPSA) is 21.7 Å². The van der Waals surface area contributed by atoms with Gasteiger partial charge in [0.25, 0.3) is 0 Å². The Morgan fingerprint density at radius 2 is 1.94 bits per heavy atom. The molecule has 0 N–H and O–H groups in total. The van der Waals surface area contributed by atoms with Gasteiger partial charge in [-0.3, -0.25) is 8.37 Å². The van der Waals surface area contributed by atoms with E-state index in [1.807, 2.05) is 0 Å². The molecule has 1 aliphatic rings. The second-order valence-electron chi connectivity index (χ2n) is 4.78. The number of hydrogen-bond acceptors (Lipinski definition) is 3. The van der Waals surface area contributed by atoms with Crippen LogP contribution in [-0.2, 0) is 8.37 Å². The summed E-state index contributed by atoms with van der Waals surface area (Å²) in [6.45, 7) is 6.85. The maximum Gasteiger partial charge on any atom is 0.0620 e. The van der Waals surface area contributed by atoms with Crippen LogP contribution in [0, 0.1) is 5.92 Å². The van der Waals surface area contributed by atoms with Crippen molar-refractivity contribution in [2.75, 3.05) is 33.1 Å². The minimum absolute atomic E-state index is 0.797. The van der Waals surface area contributed by atoms with Crippen molar-refractivity contribution < 1.29 is 8.37 Å². The molecule has 17 heavy (non-hydrogen) atoms. The number of nitrogens with zero attached hydrogens (tertiary/aromatic N) is 1. The summed E-state index contributed by atoms with van der Waals surface area (Å²) in [5.41, 5.74) is 0. The van der Waals surface area contributed by atoms with Crippen LogP contribution >= 0.6 is 10.8 Å². The molecule has 0 radical (unpaired) electrons. The zero-order valence-electron chi connectivity index (χ0n) is 11.9. The molecule has 0 aromatic carbocycles. The molecule has 1 atom stereocenters. The molecule has 0 aliphatic carbocycles. The molecule has 1 heterocycles. The van der Waals surface area contributed by atoms with Gasteiger partial charge in [-0.05, 0) is 18.8 Å². The normalized spacial score (nSPS) is 23.8. The van der Waals surface area contributed by atoms with E-state index in [0.29, 0.717) is 0 Å². The molecular weight excluding hydrogens is 234 g/mol. The summed E-state index contributed by atoms with van der Waals surface area (Å²) in [6.07, 6.45) is 6.45. The molecule has 3 nitrogen and oxygen atoms in total. The summed E-state index contributed by atoms with van der Waals surface area (Å²) in [4.78, 5) is 0. The van der Waals surface area contributed by atoms with Crippen molar-refractivity contribution in [1.82, 2.24) is 4.31 Å². The Labute approximate surface area is 109 Å². The van der Waals surface area contributed by atoms with E-state index in [4.69, 9.17) is 8.37 Å². The molecule has 0 bridgehead atoms. The second kappa shape index (κ2) is 7.62. The van der Waals surface area contributed by atoms with Crippen molar-refractivity contribution in [2.24, 2.45) is 5.92 Å². The zero-order chi connectivity index (χ0) is 12.7. The molecule has 1 rings (SSSR count). The molecule has 1 aliphatic heterocycles. The standard InChI is InChI=1S/C13H29NO2S/c1-5-7-9-13(6-2)12-14-10-8-11-17(14,15-3)16-4/h13H,5-12H2,1-4H3. The Bertz CT molecular complexity index is 210. The fourth-order valence-corrected chi connectivity index (χ4v) is 5.04. The van der Waals surface area contributed by atoms with Crippen LogP contribution in [0.1, 0.15) is 46.0 Å². The molecule has 0 aromatic rings. The van der Waals surface area contributed by atoms with Crippen molar-refractivity contribution in [1.29, 1.82) is 0 Å². The van der Waals surface area contributed by atoms with Gasteiger partial charge in [0.05, 0.1) is 20.0 Å². The maximum atomic E-state index is 5.70. The van der Waals surface area contributed by atoms with Crippen LogP contribution in [0.25, 0.3) is 0 Å². The molecular formula is C13H29NO2S. The van der Waals surface area contributed by atoms with Crippen molar-refractivity contribution >= 4 is 10.8 Å². The summed E-state index contributed by atoms with van der Waals surface area (Å²) in [5, 5.41) is 0. The molecule has 1 fully saturated rings. The highest BCUT2D eigenvalue weighted by molar-refractivity contribution is 8.24. The largest absolute Gasteiger partial charge is 0.274 e. The third-order valence-electron chi connectivity index (χ3n) is 3.73. The Morgan fingerprint density at radius 1 is 1.24 bits per heavy atom. The van der Waals surface area contributed by atoms with E-state index in [-0.39, 0.29) is 0 Å². The quantitative estimate of drug-likeness (QED) is 0.665. The lowest BCUT2D eigenvalue weighted by molar-refractivity contribution is 0.266. The lowest BCUT2D eigenvalue weighted by atomic mass is 9.99. The number of rotatable bonds is 8. The second-order valence-corrected chi connectivity index (χ2v) is 7.53. The summed E-state index contributed by atoms with van der Waals surface area (Å²) in [7, 11) is 2.22. The lowest BCUT2D eigenvalue weighted by Gasteiger charge is -2.45. The van der Waals surface area contributed by atoms with E-state index >= 15 is 0 Å². The van der Waals surface area contributed by atoms with Gasteiger partial charge < -0.3 is 0 Å². The van der Waals surface area contributed by atoms with E-state index in [1.165, 1.54) is 32.1 Å². The predicted octanol–water partition coefficient (Wildman–Crippen LogP) is 3.75. The summed E-state index contributed by atoms with van der Waals surface area (Å²) in [5.74, 6) is 1.87. The number of hydrogen-bond donors (Lipinski definition) is 0. The van der Waals surface area contributed by atoms with Crippen molar-refractivity contribution in [3.05, 3.63) is 0 Å². The monoisotopic (exact) mass is 263 g/mol. The SMILES string of the molecule is CCCCC(CC)CN1CCCS1(OC)OC. The molecule has 0 aromatic heterocycles. The van der Waals surface area contributed by atoms with Crippen LogP contribution in [0.5, 0.6) is 0 Å².